The fourth-order valence-electron chi connectivity index (χ4n) is 3.08. The number of aryl methyl sites for hydroxylation is 1. The molecule has 0 radical (unpaired) electrons. The van der Waals surface area contributed by atoms with E-state index in [1.165, 1.54) is 18.5 Å². The Bertz CT molecular complexity index is 415. The van der Waals surface area contributed by atoms with Gasteiger partial charge >= 0.3 is 0 Å². The maximum Gasteiger partial charge on any atom is 0.126 e. The molecule has 2 atom stereocenters. The van der Waals surface area contributed by atoms with Crippen LogP contribution < -0.4 is 0 Å². The first-order valence-corrected chi connectivity index (χ1v) is 5.57. The fourth-order valence-corrected chi connectivity index (χ4v) is 3.08. The molecule has 0 unspecified atom stereocenters. The van der Waals surface area contributed by atoms with Gasteiger partial charge in [0.1, 0.15) is 5.82 Å². The van der Waals surface area contributed by atoms with Crippen molar-refractivity contribution in [2.24, 2.45) is 5.92 Å². The van der Waals surface area contributed by atoms with Gasteiger partial charge in [-0.25, -0.2) is 4.39 Å². The fraction of sp³-hybridized carbons (Fsp3) is 0.538. The monoisotopic (exact) mass is 205 g/mol. The van der Waals surface area contributed by atoms with Gasteiger partial charge in [0.25, 0.3) is 0 Å². The maximum absolute atomic E-state index is 13.5. The summed E-state index contributed by atoms with van der Waals surface area (Å²) in [5.41, 5.74) is 2.25. The Morgan fingerprint density at radius 3 is 2.87 bits per heavy atom. The molecule has 15 heavy (non-hydrogen) atoms. The van der Waals surface area contributed by atoms with Gasteiger partial charge in [-0.3, -0.25) is 0 Å². The van der Waals surface area contributed by atoms with Crippen LogP contribution in [0.4, 0.5) is 4.39 Å². The highest BCUT2D eigenvalue weighted by atomic mass is 19.1. The molecule has 0 amide bonds. The number of benzene rings is 1. The molecule has 0 N–H and O–H groups in total. The number of likely N-dealkylation sites (tertiary alicyclic amines) is 1. The summed E-state index contributed by atoms with van der Waals surface area (Å²) in [6, 6.07) is 5.76. The molecule has 80 valence electrons. The summed E-state index contributed by atoms with van der Waals surface area (Å²) in [6.07, 6.45) is 1.25. The summed E-state index contributed by atoms with van der Waals surface area (Å²) in [4.78, 5) is 2.35. The first kappa shape index (κ1) is 9.34. The minimum atomic E-state index is -0.0536. The molecule has 1 saturated carbocycles. The number of piperidine rings is 1. The van der Waals surface area contributed by atoms with Crippen molar-refractivity contribution in [3.05, 3.63) is 35.1 Å². The molecule has 1 nitrogen and oxygen atoms in total. The van der Waals surface area contributed by atoms with Crippen LogP contribution in [0.1, 0.15) is 17.5 Å². The van der Waals surface area contributed by atoms with E-state index in [4.69, 9.17) is 0 Å². The highest BCUT2D eigenvalue weighted by molar-refractivity contribution is 5.38. The van der Waals surface area contributed by atoms with Crippen LogP contribution in [0.2, 0.25) is 0 Å². The SMILES string of the molecule is Cc1ccc([C@@]23C[C@@H]2CN(C)C3)cc1F. The summed E-state index contributed by atoms with van der Waals surface area (Å²) in [6.45, 7) is 4.09. The molecule has 1 aliphatic heterocycles. The van der Waals surface area contributed by atoms with Gasteiger partial charge in [-0.05, 0) is 43.5 Å². The smallest absolute Gasteiger partial charge is 0.126 e. The van der Waals surface area contributed by atoms with Crippen LogP contribution in [0, 0.1) is 18.7 Å². The minimum Gasteiger partial charge on any atom is -0.305 e. The average Bonchev–Trinajstić information content (AvgIpc) is 2.75. The molecule has 0 bridgehead atoms. The third kappa shape index (κ3) is 1.24. The maximum atomic E-state index is 13.5. The molecule has 1 aromatic rings. The van der Waals surface area contributed by atoms with Gasteiger partial charge in [-0.1, -0.05) is 12.1 Å². The summed E-state index contributed by atoms with van der Waals surface area (Å²) in [5.74, 6) is 0.715. The number of likely N-dealkylation sites (N-methyl/N-ethyl adjacent to an activating group) is 1. The molecule has 0 spiro atoms. The van der Waals surface area contributed by atoms with Gasteiger partial charge in [0.2, 0.25) is 0 Å². The largest absolute Gasteiger partial charge is 0.305 e. The van der Waals surface area contributed by atoms with Crippen molar-refractivity contribution < 1.29 is 4.39 Å². The van der Waals surface area contributed by atoms with Crippen LogP contribution in [0.25, 0.3) is 0 Å². The molecule has 2 fully saturated rings. The first-order chi connectivity index (χ1) is 7.12. The van der Waals surface area contributed by atoms with Gasteiger partial charge in [-0.15, -0.1) is 0 Å². The van der Waals surface area contributed by atoms with E-state index in [0.29, 0.717) is 5.41 Å². The lowest BCUT2D eigenvalue weighted by Crippen LogP contribution is -2.22. The Kier molecular flexibility index (Phi) is 1.76. The second-order valence-corrected chi connectivity index (χ2v) is 5.22. The van der Waals surface area contributed by atoms with Crippen LogP contribution in [-0.2, 0) is 5.41 Å². The van der Waals surface area contributed by atoms with Crippen LogP contribution >= 0.6 is 0 Å². The molecule has 1 aromatic carbocycles. The predicted octanol–water partition coefficient (Wildman–Crippen LogP) is 2.34. The van der Waals surface area contributed by atoms with Crippen molar-refractivity contribution >= 4 is 0 Å². The lowest BCUT2D eigenvalue weighted by atomic mass is 9.94. The predicted molar refractivity (Wildman–Crippen MR) is 58.4 cm³/mol. The first-order valence-electron chi connectivity index (χ1n) is 5.57. The van der Waals surface area contributed by atoms with Crippen molar-refractivity contribution in [1.29, 1.82) is 0 Å². The van der Waals surface area contributed by atoms with E-state index in [-0.39, 0.29) is 5.82 Å². The molecular weight excluding hydrogens is 189 g/mol. The van der Waals surface area contributed by atoms with E-state index in [9.17, 15) is 4.39 Å². The highest BCUT2D eigenvalue weighted by Gasteiger charge is 2.59. The van der Waals surface area contributed by atoms with Gasteiger partial charge in [0.15, 0.2) is 0 Å². The van der Waals surface area contributed by atoms with Crippen molar-refractivity contribution in [3.63, 3.8) is 0 Å². The topological polar surface area (TPSA) is 3.24 Å². The zero-order chi connectivity index (χ0) is 10.6. The van der Waals surface area contributed by atoms with Gasteiger partial charge in [0, 0.05) is 18.5 Å². The van der Waals surface area contributed by atoms with Crippen LogP contribution in [0.5, 0.6) is 0 Å². The van der Waals surface area contributed by atoms with Crippen molar-refractivity contribution in [2.45, 2.75) is 18.8 Å². The number of hydrogen-bond acceptors (Lipinski definition) is 1. The Morgan fingerprint density at radius 1 is 1.47 bits per heavy atom. The lowest BCUT2D eigenvalue weighted by molar-refractivity contribution is 0.363. The van der Waals surface area contributed by atoms with Crippen LogP contribution in [0.3, 0.4) is 0 Å². The summed E-state index contributed by atoms with van der Waals surface area (Å²) in [5, 5.41) is 0. The van der Waals surface area contributed by atoms with Gasteiger partial charge < -0.3 is 4.90 Å². The molecule has 1 aliphatic carbocycles. The second kappa shape index (κ2) is 2.82. The van der Waals surface area contributed by atoms with Crippen molar-refractivity contribution in [1.82, 2.24) is 4.90 Å². The standard InChI is InChI=1S/C13H16FN/c1-9-3-4-10(5-12(9)14)13-6-11(13)7-15(2)8-13/h3-5,11H,6-8H2,1-2H3/t11-,13+/m1/s1. The third-order valence-corrected chi connectivity index (χ3v) is 4.06. The summed E-state index contributed by atoms with van der Waals surface area (Å²) in [7, 11) is 2.15. The Balaban J connectivity index is 1.97. The van der Waals surface area contributed by atoms with Gasteiger partial charge in [-0.2, -0.15) is 0 Å². The van der Waals surface area contributed by atoms with E-state index in [2.05, 4.69) is 18.0 Å². The Morgan fingerprint density at radius 2 is 2.27 bits per heavy atom. The van der Waals surface area contributed by atoms with E-state index < -0.39 is 0 Å². The third-order valence-electron chi connectivity index (χ3n) is 4.06. The highest BCUT2D eigenvalue weighted by Crippen LogP contribution is 2.58. The van der Waals surface area contributed by atoms with Gasteiger partial charge in [0.05, 0.1) is 0 Å². The van der Waals surface area contributed by atoms with Crippen molar-refractivity contribution in [3.8, 4) is 0 Å². The second-order valence-electron chi connectivity index (χ2n) is 5.22. The summed E-state index contributed by atoms with van der Waals surface area (Å²) < 4.78 is 13.5. The number of nitrogens with zero attached hydrogens (tertiary/aromatic N) is 1. The van der Waals surface area contributed by atoms with E-state index >= 15 is 0 Å². The number of halogens is 1. The van der Waals surface area contributed by atoms with E-state index in [0.717, 1.165) is 18.0 Å². The normalized spacial score (nSPS) is 34.2. The van der Waals surface area contributed by atoms with Crippen LogP contribution in [-0.4, -0.2) is 25.0 Å². The number of fused-ring (bicyclic) bond motifs is 1. The average molecular weight is 205 g/mol. The van der Waals surface area contributed by atoms with Crippen molar-refractivity contribution in [2.75, 3.05) is 20.1 Å². The quantitative estimate of drug-likeness (QED) is 0.680. The molecule has 2 aliphatic rings. The molecule has 1 saturated heterocycles. The molecule has 3 rings (SSSR count). The molecular formula is C13H16FN. The Hall–Kier alpha value is -0.890. The number of hydrogen-bond donors (Lipinski definition) is 0. The zero-order valence-electron chi connectivity index (χ0n) is 9.26. The molecule has 0 aromatic heterocycles. The molecule has 2 heteroatoms. The minimum absolute atomic E-state index is 0.0536. The Labute approximate surface area is 89.9 Å². The lowest BCUT2D eigenvalue weighted by Gasteiger charge is -2.16. The molecule has 1 heterocycles. The van der Waals surface area contributed by atoms with E-state index in [1.807, 2.05) is 13.0 Å². The number of rotatable bonds is 1. The summed E-state index contributed by atoms with van der Waals surface area (Å²) >= 11 is 0. The zero-order valence-corrected chi connectivity index (χ0v) is 9.26. The van der Waals surface area contributed by atoms with Crippen LogP contribution in [0.15, 0.2) is 18.2 Å². The van der Waals surface area contributed by atoms with E-state index in [1.54, 1.807) is 6.07 Å².